The number of carbonyl (C=O) groups is 1. The molecule has 4 nitrogen and oxygen atoms in total. The van der Waals surface area contributed by atoms with Gasteiger partial charge in [-0.25, -0.2) is 0 Å². The molecule has 4 heteroatoms. The van der Waals surface area contributed by atoms with Crippen molar-refractivity contribution in [3.8, 4) is 5.75 Å². The highest BCUT2D eigenvalue weighted by molar-refractivity contribution is 5.78. The summed E-state index contributed by atoms with van der Waals surface area (Å²) in [5.74, 6) is 1.04. The predicted molar refractivity (Wildman–Crippen MR) is 65.9 cm³/mol. The van der Waals surface area contributed by atoms with Crippen LogP contribution in [0.25, 0.3) is 0 Å². The van der Waals surface area contributed by atoms with E-state index in [0.717, 1.165) is 24.4 Å². The van der Waals surface area contributed by atoms with Gasteiger partial charge in [0.05, 0.1) is 6.61 Å². The van der Waals surface area contributed by atoms with Gasteiger partial charge in [0.15, 0.2) is 0 Å². The second kappa shape index (κ2) is 5.68. The van der Waals surface area contributed by atoms with Crippen LogP contribution in [0.2, 0.25) is 0 Å². The minimum absolute atomic E-state index is 0.126. The van der Waals surface area contributed by atoms with E-state index in [2.05, 4.69) is 10.6 Å². The van der Waals surface area contributed by atoms with Crippen molar-refractivity contribution in [2.24, 2.45) is 0 Å². The Labute approximate surface area is 101 Å². The molecule has 1 aliphatic rings. The van der Waals surface area contributed by atoms with Gasteiger partial charge in [-0.1, -0.05) is 18.2 Å². The first kappa shape index (κ1) is 11.9. The molecule has 2 rings (SSSR count). The first-order valence-corrected chi connectivity index (χ1v) is 6.00. The van der Waals surface area contributed by atoms with Gasteiger partial charge in [0.2, 0.25) is 5.91 Å². The monoisotopic (exact) mass is 234 g/mol. The van der Waals surface area contributed by atoms with E-state index in [4.69, 9.17) is 4.74 Å². The van der Waals surface area contributed by atoms with Crippen molar-refractivity contribution in [2.75, 3.05) is 13.2 Å². The standard InChI is InChI=1S/C13H18N2O2/c1-2-17-12-6-4-3-5-10(12)8-14-11-7-13(16)15-9-11/h3-6,11,14H,2,7-9H2,1H3,(H,15,16). The number of carbonyl (C=O) groups excluding carboxylic acids is 1. The van der Waals surface area contributed by atoms with Crippen LogP contribution >= 0.6 is 0 Å². The maximum absolute atomic E-state index is 11.1. The summed E-state index contributed by atoms with van der Waals surface area (Å²) in [4.78, 5) is 11.1. The minimum atomic E-state index is 0.126. The maximum atomic E-state index is 11.1. The zero-order valence-corrected chi connectivity index (χ0v) is 10.0. The Morgan fingerprint density at radius 2 is 2.29 bits per heavy atom. The fourth-order valence-corrected chi connectivity index (χ4v) is 1.95. The molecule has 1 saturated heterocycles. The molecule has 17 heavy (non-hydrogen) atoms. The molecule has 0 radical (unpaired) electrons. The van der Waals surface area contributed by atoms with Crippen LogP contribution in [0.4, 0.5) is 0 Å². The quantitative estimate of drug-likeness (QED) is 0.801. The summed E-state index contributed by atoms with van der Waals surface area (Å²) in [7, 11) is 0. The van der Waals surface area contributed by atoms with Crippen molar-refractivity contribution in [3.05, 3.63) is 29.8 Å². The van der Waals surface area contributed by atoms with E-state index in [0.29, 0.717) is 13.0 Å². The average molecular weight is 234 g/mol. The fourth-order valence-electron chi connectivity index (χ4n) is 1.95. The van der Waals surface area contributed by atoms with E-state index >= 15 is 0 Å². The van der Waals surface area contributed by atoms with Gasteiger partial charge < -0.3 is 15.4 Å². The molecule has 0 spiro atoms. The Balaban J connectivity index is 1.91. The van der Waals surface area contributed by atoms with Crippen LogP contribution in [0.3, 0.4) is 0 Å². The van der Waals surface area contributed by atoms with Gasteiger partial charge in [-0.05, 0) is 13.0 Å². The second-order valence-corrected chi connectivity index (χ2v) is 4.13. The lowest BCUT2D eigenvalue weighted by molar-refractivity contribution is -0.119. The highest BCUT2D eigenvalue weighted by atomic mass is 16.5. The molecule has 0 bridgehead atoms. The van der Waals surface area contributed by atoms with Crippen LogP contribution in [-0.2, 0) is 11.3 Å². The second-order valence-electron chi connectivity index (χ2n) is 4.13. The molecule has 1 amide bonds. The number of para-hydroxylation sites is 1. The first-order valence-electron chi connectivity index (χ1n) is 6.00. The van der Waals surface area contributed by atoms with Gasteiger partial charge in [-0.3, -0.25) is 4.79 Å². The summed E-state index contributed by atoms with van der Waals surface area (Å²) in [6, 6.07) is 8.21. The van der Waals surface area contributed by atoms with Crippen molar-refractivity contribution < 1.29 is 9.53 Å². The van der Waals surface area contributed by atoms with Gasteiger partial charge in [-0.2, -0.15) is 0 Å². The summed E-state index contributed by atoms with van der Waals surface area (Å²) < 4.78 is 5.55. The zero-order valence-electron chi connectivity index (χ0n) is 10.0. The van der Waals surface area contributed by atoms with Gasteiger partial charge in [0.25, 0.3) is 0 Å². The first-order chi connectivity index (χ1) is 8.29. The van der Waals surface area contributed by atoms with E-state index in [9.17, 15) is 4.79 Å². The van der Waals surface area contributed by atoms with Gasteiger partial charge >= 0.3 is 0 Å². The Morgan fingerprint density at radius 1 is 1.47 bits per heavy atom. The lowest BCUT2D eigenvalue weighted by Crippen LogP contribution is -2.30. The third kappa shape index (κ3) is 3.20. The van der Waals surface area contributed by atoms with Crippen molar-refractivity contribution in [2.45, 2.75) is 25.9 Å². The van der Waals surface area contributed by atoms with Crippen LogP contribution in [0.1, 0.15) is 18.9 Å². The Morgan fingerprint density at radius 3 is 3.00 bits per heavy atom. The largest absolute Gasteiger partial charge is 0.494 e. The third-order valence-electron chi connectivity index (χ3n) is 2.83. The number of ether oxygens (including phenoxy) is 1. The molecule has 0 saturated carbocycles. The smallest absolute Gasteiger partial charge is 0.221 e. The van der Waals surface area contributed by atoms with Crippen LogP contribution < -0.4 is 15.4 Å². The van der Waals surface area contributed by atoms with E-state index < -0.39 is 0 Å². The number of amides is 1. The Kier molecular flexibility index (Phi) is 3.98. The van der Waals surface area contributed by atoms with Crippen LogP contribution in [0.5, 0.6) is 5.75 Å². The highest BCUT2D eigenvalue weighted by Crippen LogP contribution is 2.18. The molecular formula is C13H18N2O2. The molecule has 92 valence electrons. The number of rotatable bonds is 5. The molecule has 1 fully saturated rings. The highest BCUT2D eigenvalue weighted by Gasteiger charge is 2.20. The lowest BCUT2D eigenvalue weighted by Gasteiger charge is -2.13. The summed E-state index contributed by atoms with van der Waals surface area (Å²) in [5, 5.41) is 6.18. The summed E-state index contributed by atoms with van der Waals surface area (Å²) in [5.41, 5.74) is 1.13. The summed E-state index contributed by atoms with van der Waals surface area (Å²) in [6.07, 6.45) is 0.566. The predicted octanol–water partition coefficient (Wildman–Crippen LogP) is 1.06. The normalized spacial score (nSPS) is 19.1. The fraction of sp³-hybridized carbons (Fsp3) is 0.462. The average Bonchev–Trinajstić information content (AvgIpc) is 2.74. The van der Waals surface area contributed by atoms with E-state index in [1.54, 1.807) is 0 Å². The molecule has 1 aromatic carbocycles. The molecule has 1 aliphatic heterocycles. The zero-order chi connectivity index (χ0) is 12.1. The molecule has 2 N–H and O–H groups in total. The lowest BCUT2D eigenvalue weighted by atomic mass is 10.1. The molecule has 1 heterocycles. The van der Waals surface area contributed by atoms with Crippen LogP contribution in [0.15, 0.2) is 24.3 Å². The van der Waals surface area contributed by atoms with Crippen molar-refractivity contribution in [1.29, 1.82) is 0 Å². The summed E-state index contributed by atoms with van der Waals surface area (Å²) in [6.45, 7) is 4.09. The molecular weight excluding hydrogens is 216 g/mol. The summed E-state index contributed by atoms with van der Waals surface area (Å²) >= 11 is 0. The van der Waals surface area contributed by atoms with Crippen LogP contribution in [0, 0.1) is 0 Å². The van der Waals surface area contributed by atoms with E-state index in [1.807, 2.05) is 31.2 Å². The Bertz CT molecular complexity index is 393. The van der Waals surface area contributed by atoms with Crippen LogP contribution in [-0.4, -0.2) is 25.1 Å². The molecule has 0 aliphatic carbocycles. The SMILES string of the molecule is CCOc1ccccc1CNC1CNC(=O)C1. The topological polar surface area (TPSA) is 50.4 Å². The molecule has 1 aromatic rings. The number of nitrogens with one attached hydrogen (secondary N) is 2. The van der Waals surface area contributed by atoms with Gasteiger partial charge in [-0.15, -0.1) is 0 Å². The van der Waals surface area contributed by atoms with Gasteiger partial charge in [0, 0.05) is 31.1 Å². The van der Waals surface area contributed by atoms with Crippen molar-refractivity contribution in [1.82, 2.24) is 10.6 Å². The number of hydrogen-bond acceptors (Lipinski definition) is 3. The maximum Gasteiger partial charge on any atom is 0.221 e. The molecule has 1 unspecified atom stereocenters. The van der Waals surface area contributed by atoms with Crippen molar-refractivity contribution >= 4 is 5.91 Å². The van der Waals surface area contributed by atoms with E-state index in [1.165, 1.54) is 0 Å². The minimum Gasteiger partial charge on any atom is -0.494 e. The molecule has 1 atom stereocenters. The Hall–Kier alpha value is -1.55. The number of benzene rings is 1. The van der Waals surface area contributed by atoms with E-state index in [-0.39, 0.29) is 11.9 Å². The van der Waals surface area contributed by atoms with Crippen molar-refractivity contribution in [3.63, 3.8) is 0 Å². The third-order valence-corrected chi connectivity index (χ3v) is 2.83. The molecule has 0 aromatic heterocycles. The number of hydrogen-bond donors (Lipinski definition) is 2. The van der Waals surface area contributed by atoms with Gasteiger partial charge in [0.1, 0.15) is 5.75 Å².